The van der Waals surface area contributed by atoms with Gasteiger partial charge in [0.05, 0.1) is 28.1 Å². The van der Waals surface area contributed by atoms with Crippen molar-refractivity contribution in [1.29, 1.82) is 0 Å². The van der Waals surface area contributed by atoms with Crippen LogP contribution in [0.25, 0.3) is 83.4 Å². The Labute approximate surface area is 272 Å². The summed E-state index contributed by atoms with van der Waals surface area (Å²) in [7, 11) is 0. The highest BCUT2D eigenvalue weighted by Crippen LogP contribution is 2.34. The first-order valence-corrected chi connectivity index (χ1v) is 15.8. The summed E-state index contributed by atoms with van der Waals surface area (Å²) >= 11 is 0. The van der Waals surface area contributed by atoms with Crippen LogP contribution in [0.15, 0.2) is 170 Å². The summed E-state index contributed by atoms with van der Waals surface area (Å²) < 4.78 is 2.33. The number of benzene rings is 6. The first-order valence-electron chi connectivity index (χ1n) is 15.8. The van der Waals surface area contributed by atoms with Crippen LogP contribution in [-0.2, 0) is 0 Å². The molecule has 6 aromatic carbocycles. The molecule has 0 aliphatic rings. The Morgan fingerprint density at radius 1 is 0.404 bits per heavy atom. The van der Waals surface area contributed by atoms with E-state index < -0.39 is 0 Å². The lowest BCUT2D eigenvalue weighted by molar-refractivity contribution is 1.17. The first kappa shape index (κ1) is 27.0. The van der Waals surface area contributed by atoms with Crippen LogP contribution in [0, 0.1) is 0 Å². The van der Waals surface area contributed by atoms with Gasteiger partial charge in [-0.1, -0.05) is 127 Å². The second kappa shape index (κ2) is 11.2. The van der Waals surface area contributed by atoms with E-state index in [0.717, 1.165) is 50.4 Å². The molecule has 47 heavy (non-hydrogen) atoms. The van der Waals surface area contributed by atoms with Gasteiger partial charge < -0.3 is 4.57 Å². The number of aromatic nitrogens is 4. The molecule has 0 aliphatic carbocycles. The second-order valence-corrected chi connectivity index (χ2v) is 11.7. The molecule has 9 aromatic rings. The minimum atomic E-state index is 0.685. The third kappa shape index (κ3) is 4.75. The second-order valence-electron chi connectivity index (χ2n) is 11.7. The van der Waals surface area contributed by atoms with E-state index in [-0.39, 0.29) is 0 Å². The standard InChI is InChI=1S/C43H28N4/c1-2-11-30(12-3-1)38-28-39(31-22-24-34(25-23-31)47-40-16-8-6-14-36(40)37-15-7-9-17-41(37)47)46-43(45-38)33-20-18-32(19-21-33)42-35-13-5-4-10-29(35)26-27-44-42/h1-28H. The fourth-order valence-corrected chi connectivity index (χ4v) is 6.59. The number of para-hydroxylation sites is 2. The van der Waals surface area contributed by atoms with Crippen LogP contribution in [0.3, 0.4) is 0 Å². The van der Waals surface area contributed by atoms with Gasteiger partial charge in [-0.25, -0.2) is 9.97 Å². The molecule has 9 rings (SSSR count). The number of fused-ring (bicyclic) bond motifs is 4. The predicted octanol–water partition coefficient (Wildman–Crippen LogP) is 10.8. The lowest BCUT2D eigenvalue weighted by Crippen LogP contribution is -1.97. The lowest BCUT2D eigenvalue weighted by atomic mass is 10.0. The molecular weight excluding hydrogens is 573 g/mol. The van der Waals surface area contributed by atoms with Crippen molar-refractivity contribution in [3.05, 3.63) is 170 Å². The summed E-state index contributed by atoms with van der Waals surface area (Å²) in [5, 5.41) is 4.82. The molecule has 3 heterocycles. The Bertz CT molecular complexity index is 2490. The number of rotatable bonds is 5. The molecule has 0 amide bonds. The summed E-state index contributed by atoms with van der Waals surface area (Å²) in [6.45, 7) is 0. The Balaban J connectivity index is 1.13. The van der Waals surface area contributed by atoms with Crippen molar-refractivity contribution in [2.75, 3.05) is 0 Å². The quantitative estimate of drug-likeness (QED) is 0.197. The van der Waals surface area contributed by atoms with Crippen molar-refractivity contribution in [3.8, 4) is 50.8 Å². The van der Waals surface area contributed by atoms with Crippen molar-refractivity contribution in [3.63, 3.8) is 0 Å². The number of hydrogen-bond donors (Lipinski definition) is 0. The van der Waals surface area contributed by atoms with E-state index in [1.807, 2.05) is 30.5 Å². The van der Waals surface area contributed by atoms with Gasteiger partial charge in [0.15, 0.2) is 5.82 Å². The van der Waals surface area contributed by atoms with Crippen LogP contribution in [0.2, 0.25) is 0 Å². The van der Waals surface area contributed by atoms with Gasteiger partial charge in [-0.2, -0.15) is 0 Å². The molecule has 3 aromatic heterocycles. The fraction of sp³-hybridized carbons (Fsp3) is 0. The number of hydrogen-bond acceptors (Lipinski definition) is 3. The molecule has 0 atom stereocenters. The smallest absolute Gasteiger partial charge is 0.160 e. The third-order valence-corrected chi connectivity index (χ3v) is 8.89. The molecule has 0 aliphatic heterocycles. The fourth-order valence-electron chi connectivity index (χ4n) is 6.59. The van der Waals surface area contributed by atoms with E-state index >= 15 is 0 Å². The van der Waals surface area contributed by atoms with Gasteiger partial charge in [-0.3, -0.25) is 4.98 Å². The zero-order chi connectivity index (χ0) is 31.2. The molecule has 0 spiro atoms. The number of nitrogens with zero attached hydrogens (tertiary/aromatic N) is 4. The minimum absolute atomic E-state index is 0.685. The molecule has 0 saturated heterocycles. The van der Waals surface area contributed by atoms with Crippen molar-refractivity contribution in [1.82, 2.24) is 19.5 Å². The van der Waals surface area contributed by atoms with Gasteiger partial charge in [0, 0.05) is 50.3 Å². The van der Waals surface area contributed by atoms with Crippen LogP contribution in [-0.4, -0.2) is 19.5 Å². The van der Waals surface area contributed by atoms with E-state index in [4.69, 9.17) is 15.0 Å². The monoisotopic (exact) mass is 600 g/mol. The van der Waals surface area contributed by atoms with Gasteiger partial charge in [-0.15, -0.1) is 0 Å². The van der Waals surface area contributed by atoms with Crippen molar-refractivity contribution in [2.45, 2.75) is 0 Å². The molecule has 0 unspecified atom stereocenters. The molecule has 4 nitrogen and oxygen atoms in total. The molecule has 220 valence electrons. The van der Waals surface area contributed by atoms with Crippen molar-refractivity contribution < 1.29 is 0 Å². The van der Waals surface area contributed by atoms with Crippen LogP contribution >= 0.6 is 0 Å². The highest BCUT2D eigenvalue weighted by Gasteiger charge is 2.14. The molecule has 0 bridgehead atoms. The molecule has 0 N–H and O–H groups in total. The maximum atomic E-state index is 5.11. The average Bonchev–Trinajstić information content (AvgIpc) is 3.49. The van der Waals surface area contributed by atoms with Crippen molar-refractivity contribution >= 4 is 32.6 Å². The van der Waals surface area contributed by atoms with Crippen LogP contribution in [0.4, 0.5) is 0 Å². The van der Waals surface area contributed by atoms with Crippen LogP contribution in [0.1, 0.15) is 0 Å². The van der Waals surface area contributed by atoms with Gasteiger partial charge in [0.2, 0.25) is 0 Å². The highest BCUT2D eigenvalue weighted by molar-refractivity contribution is 6.09. The third-order valence-electron chi connectivity index (χ3n) is 8.89. The minimum Gasteiger partial charge on any atom is -0.309 e. The lowest BCUT2D eigenvalue weighted by Gasteiger charge is -2.12. The molecular formula is C43H28N4. The summed E-state index contributed by atoms with van der Waals surface area (Å²) in [6.07, 6.45) is 1.87. The Morgan fingerprint density at radius 2 is 0.936 bits per heavy atom. The zero-order valence-corrected chi connectivity index (χ0v) is 25.5. The molecule has 4 heteroatoms. The maximum absolute atomic E-state index is 5.11. The first-order chi connectivity index (χ1) is 23.3. The Hall–Kier alpha value is -6.39. The van der Waals surface area contributed by atoms with E-state index in [9.17, 15) is 0 Å². The van der Waals surface area contributed by atoms with E-state index in [1.54, 1.807) is 0 Å². The highest BCUT2D eigenvalue weighted by atomic mass is 15.0. The summed E-state index contributed by atoms with van der Waals surface area (Å²) in [6, 6.07) is 57.1. The van der Waals surface area contributed by atoms with Gasteiger partial charge in [0.25, 0.3) is 0 Å². The molecule has 0 fully saturated rings. The maximum Gasteiger partial charge on any atom is 0.160 e. The van der Waals surface area contributed by atoms with Gasteiger partial charge in [0.1, 0.15) is 0 Å². The van der Waals surface area contributed by atoms with Gasteiger partial charge in [-0.05, 0) is 41.8 Å². The Kier molecular flexibility index (Phi) is 6.43. The summed E-state index contributed by atoms with van der Waals surface area (Å²) in [5.74, 6) is 0.685. The summed E-state index contributed by atoms with van der Waals surface area (Å²) in [4.78, 5) is 14.9. The zero-order valence-electron chi connectivity index (χ0n) is 25.5. The topological polar surface area (TPSA) is 43.6 Å². The average molecular weight is 601 g/mol. The van der Waals surface area contributed by atoms with E-state index in [2.05, 4.69) is 144 Å². The van der Waals surface area contributed by atoms with Crippen molar-refractivity contribution in [2.24, 2.45) is 0 Å². The Morgan fingerprint density at radius 3 is 1.62 bits per heavy atom. The number of pyridine rings is 1. The van der Waals surface area contributed by atoms with Crippen LogP contribution < -0.4 is 0 Å². The van der Waals surface area contributed by atoms with Crippen LogP contribution in [0.5, 0.6) is 0 Å². The SMILES string of the molecule is c1ccc(-c2cc(-c3ccc(-n4c5ccccc5c5ccccc54)cc3)nc(-c3ccc(-c4nccc5ccccc45)cc3)n2)cc1. The summed E-state index contributed by atoms with van der Waals surface area (Å²) in [5.41, 5.74) is 10.3. The van der Waals surface area contributed by atoms with E-state index in [0.29, 0.717) is 5.82 Å². The normalized spacial score (nSPS) is 11.4. The van der Waals surface area contributed by atoms with E-state index in [1.165, 1.54) is 27.2 Å². The van der Waals surface area contributed by atoms with Gasteiger partial charge >= 0.3 is 0 Å². The molecule has 0 radical (unpaired) electrons. The predicted molar refractivity (Wildman–Crippen MR) is 193 cm³/mol. The molecule has 0 saturated carbocycles. The largest absolute Gasteiger partial charge is 0.309 e.